The van der Waals surface area contributed by atoms with Crippen molar-refractivity contribution < 1.29 is 14.0 Å². The maximum Gasteiger partial charge on any atom is 0.257 e. The number of carbonyl (C=O) groups is 2. The van der Waals surface area contributed by atoms with Crippen molar-refractivity contribution in [3.63, 3.8) is 0 Å². The molecule has 172 valence electrons. The lowest BCUT2D eigenvalue weighted by atomic mass is 10.0. The molecule has 0 saturated carbocycles. The largest absolute Gasteiger partial charge is 0.455 e. The third-order valence-corrected chi connectivity index (χ3v) is 5.88. The minimum atomic E-state index is -0.409. The highest BCUT2D eigenvalue weighted by Crippen LogP contribution is 2.28. The zero-order valence-electron chi connectivity index (χ0n) is 19.6. The van der Waals surface area contributed by atoms with E-state index >= 15 is 0 Å². The molecule has 0 aliphatic heterocycles. The number of aryl methyl sites for hydroxylation is 2. The van der Waals surface area contributed by atoms with E-state index < -0.39 is 5.91 Å². The van der Waals surface area contributed by atoms with Crippen LogP contribution in [0.5, 0.6) is 0 Å². The topological polar surface area (TPSA) is 79.6 Å². The van der Waals surface area contributed by atoms with Gasteiger partial charge in [-0.25, -0.2) is 0 Å². The molecule has 1 heterocycles. The molecular formula is C28H26N2O4. The number of rotatable bonds is 5. The van der Waals surface area contributed by atoms with Gasteiger partial charge < -0.3 is 14.6 Å². The Bertz CT molecular complexity index is 1430. The number of para-hydroxylation sites is 2. The minimum Gasteiger partial charge on any atom is -0.455 e. The van der Waals surface area contributed by atoms with Crippen molar-refractivity contribution in [3.8, 4) is 11.3 Å². The first-order chi connectivity index (χ1) is 16.3. The van der Waals surface area contributed by atoms with Gasteiger partial charge in [0.2, 0.25) is 5.91 Å². The predicted molar refractivity (Wildman–Crippen MR) is 134 cm³/mol. The molecule has 34 heavy (non-hydrogen) atoms. The molecule has 0 fully saturated rings. The predicted octanol–water partition coefficient (Wildman–Crippen LogP) is 5.10. The lowest BCUT2D eigenvalue weighted by Crippen LogP contribution is -2.35. The Morgan fingerprint density at radius 2 is 1.53 bits per heavy atom. The second-order valence-electron chi connectivity index (χ2n) is 8.41. The summed E-state index contributed by atoms with van der Waals surface area (Å²) in [5.41, 5.74) is 4.12. The summed E-state index contributed by atoms with van der Waals surface area (Å²) >= 11 is 0. The zero-order chi connectivity index (χ0) is 24.4. The van der Waals surface area contributed by atoms with Gasteiger partial charge >= 0.3 is 0 Å². The molecule has 4 rings (SSSR count). The van der Waals surface area contributed by atoms with E-state index in [2.05, 4.69) is 5.32 Å². The number of likely N-dealkylation sites (N-methyl/N-ethyl adjacent to an activating group) is 1. The molecule has 0 saturated heterocycles. The van der Waals surface area contributed by atoms with Gasteiger partial charge in [0.05, 0.1) is 17.5 Å². The SMILES string of the molecule is Cc1cccc(C)c1NC(=O)CN(C)C(=O)c1cccc2c(=O)c(C)c(-c3ccccc3)oc12. The first-order valence-electron chi connectivity index (χ1n) is 11.0. The number of benzene rings is 3. The summed E-state index contributed by atoms with van der Waals surface area (Å²) in [5, 5.41) is 3.22. The van der Waals surface area contributed by atoms with Crippen molar-refractivity contribution in [2.45, 2.75) is 20.8 Å². The second-order valence-corrected chi connectivity index (χ2v) is 8.41. The molecule has 0 aliphatic carbocycles. The lowest BCUT2D eigenvalue weighted by Gasteiger charge is -2.19. The maximum absolute atomic E-state index is 13.3. The molecule has 0 radical (unpaired) electrons. The summed E-state index contributed by atoms with van der Waals surface area (Å²) in [7, 11) is 1.55. The maximum atomic E-state index is 13.3. The summed E-state index contributed by atoms with van der Waals surface area (Å²) in [6.45, 7) is 5.40. The van der Waals surface area contributed by atoms with Gasteiger partial charge in [-0.05, 0) is 44.0 Å². The Labute approximate surface area is 197 Å². The van der Waals surface area contributed by atoms with Crippen molar-refractivity contribution >= 4 is 28.5 Å². The summed E-state index contributed by atoms with van der Waals surface area (Å²) < 4.78 is 6.15. The van der Waals surface area contributed by atoms with Crippen LogP contribution in [0, 0.1) is 20.8 Å². The van der Waals surface area contributed by atoms with Crippen LogP contribution in [0.4, 0.5) is 5.69 Å². The van der Waals surface area contributed by atoms with Crippen molar-refractivity contribution in [3.05, 3.63) is 99.2 Å². The Kier molecular flexibility index (Phi) is 6.32. The van der Waals surface area contributed by atoms with Crippen LogP contribution in [0.1, 0.15) is 27.0 Å². The highest BCUT2D eigenvalue weighted by atomic mass is 16.3. The molecular weight excluding hydrogens is 428 g/mol. The van der Waals surface area contributed by atoms with Crippen LogP contribution < -0.4 is 10.7 Å². The van der Waals surface area contributed by atoms with E-state index in [9.17, 15) is 14.4 Å². The van der Waals surface area contributed by atoms with Crippen LogP contribution in [0.25, 0.3) is 22.3 Å². The molecule has 1 aromatic heterocycles. The van der Waals surface area contributed by atoms with Gasteiger partial charge in [0.1, 0.15) is 5.76 Å². The number of nitrogens with one attached hydrogen (secondary N) is 1. The van der Waals surface area contributed by atoms with Gasteiger partial charge in [0, 0.05) is 23.9 Å². The third kappa shape index (κ3) is 4.35. The number of anilines is 1. The van der Waals surface area contributed by atoms with Crippen LogP contribution >= 0.6 is 0 Å². The average molecular weight is 455 g/mol. The smallest absolute Gasteiger partial charge is 0.257 e. The van der Waals surface area contributed by atoms with Crippen LogP contribution in [0.15, 0.2) is 75.9 Å². The van der Waals surface area contributed by atoms with E-state index in [1.54, 1.807) is 32.2 Å². The Hall–Kier alpha value is -4.19. The fraction of sp³-hybridized carbons (Fsp3) is 0.179. The summed E-state index contributed by atoms with van der Waals surface area (Å²) in [4.78, 5) is 40.4. The highest BCUT2D eigenvalue weighted by molar-refractivity contribution is 6.06. The number of carbonyl (C=O) groups excluding carboxylic acids is 2. The number of hydrogen-bond donors (Lipinski definition) is 1. The van der Waals surface area contributed by atoms with E-state index in [0.717, 1.165) is 22.4 Å². The van der Waals surface area contributed by atoms with Crippen LogP contribution in [-0.2, 0) is 4.79 Å². The first kappa shape index (κ1) is 23.0. The highest BCUT2D eigenvalue weighted by Gasteiger charge is 2.22. The number of nitrogens with zero attached hydrogens (tertiary/aromatic N) is 1. The van der Waals surface area contributed by atoms with E-state index in [0.29, 0.717) is 16.7 Å². The van der Waals surface area contributed by atoms with Gasteiger partial charge in [-0.3, -0.25) is 14.4 Å². The minimum absolute atomic E-state index is 0.148. The molecule has 0 bridgehead atoms. The molecule has 0 atom stereocenters. The fourth-order valence-corrected chi connectivity index (χ4v) is 4.03. The molecule has 2 amide bonds. The summed E-state index contributed by atoms with van der Waals surface area (Å²) in [6.07, 6.45) is 0. The van der Waals surface area contributed by atoms with Crippen molar-refractivity contribution in [1.29, 1.82) is 0 Å². The van der Waals surface area contributed by atoms with E-state index in [1.165, 1.54) is 4.90 Å². The van der Waals surface area contributed by atoms with Gasteiger partial charge in [0.15, 0.2) is 11.0 Å². The molecule has 4 aromatic rings. The van der Waals surface area contributed by atoms with E-state index in [4.69, 9.17) is 4.42 Å². The number of amides is 2. The Morgan fingerprint density at radius 3 is 2.21 bits per heavy atom. The lowest BCUT2D eigenvalue weighted by molar-refractivity contribution is -0.116. The Balaban J connectivity index is 1.66. The van der Waals surface area contributed by atoms with Crippen molar-refractivity contribution in [2.75, 3.05) is 18.9 Å². The Morgan fingerprint density at radius 1 is 0.882 bits per heavy atom. The van der Waals surface area contributed by atoms with Crippen LogP contribution in [-0.4, -0.2) is 30.3 Å². The third-order valence-electron chi connectivity index (χ3n) is 5.88. The van der Waals surface area contributed by atoms with Crippen molar-refractivity contribution in [2.24, 2.45) is 0 Å². The average Bonchev–Trinajstić information content (AvgIpc) is 2.83. The van der Waals surface area contributed by atoms with Gasteiger partial charge in [-0.15, -0.1) is 0 Å². The van der Waals surface area contributed by atoms with Crippen LogP contribution in [0.2, 0.25) is 0 Å². The van der Waals surface area contributed by atoms with Crippen molar-refractivity contribution in [1.82, 2.24) is 4.90 Å². The van der Waals surface area contributed by atoms with Gasteiger partial charge in [-0.1, -0.05) is 54.6 Å². The molecule has 0 spiro atoms. The van der Waals surface area contributed by atoms with Gasteiger partial charge in [0.25, 0.3) is 5.91 Å². The zero-order valence-corrected chi connectivity index (χ0v) is 19.6. The molecule has 0 aliphatic rings. The fourth-order valence-electron chi connectivity index (χ4n) is 4.03. The molecule has 0 unspecified atom stereocenters. The molecule has 1 N–H and O–H groups in total. The quantitative estimate of drug-likeness (QED) is 0.455. The molecule has 6 heteroatoms. The number of fused-ring (bicyclic) bond motifs is 1. The normalized spacial score (nSPS) is 10.8. The number of hydrogen-bond acceptors (Lipinski definition) is 4. The first-order valence-corrected chi connectivity index (χ1v) is 11.0. The monoisotopic (exact) mass is 454 g/mol. The van der Waals surface area contributed by atoms with Gasteiger partial charge in [-0.2, -0.15) is 0 Å². The van der Waals surface area contributed by atoms with Crippen LogP contribution in [0.3, 0.4) is 0 Å². The summed E-state index contributed by atoms with van der Waals surface area (Å²) in [5.74, 6) is -0.294. The van der Waals surface area contributed by atoms with E-state index in [-0.39, 0.29) is 29.0 Å². The second kappa shape index (κ2) is 9.35. The molecule has 3 aromatic carbocycles. The summed E-state index contributed by atoms with van der Waals surface area (Å²) in [6, 6.07) is 20.0. The van der Waals surface area contributed by atoms with E-state index in [1.807, 2.05) is 62.4 Å². The standard InChI is InChI=1S/C28H26N2O4/c1-17-10-8-11-18(2)24(17)29-23(31)16-30(4)28(33)22-15-9-14-21-25(32)19(3)26(34-27(21)22)20-12-6-5-7-13-20/h5-15H,16H2,1-4H3,(H,29,31). The molecule has 6 nitrogen and oxygen atoms in total.